The lowest BCUT2D eigenvalue weighted by Crippen LogP contribution is -2.36. The van der Waals surface area contributed by atoms with Crippen LogP contribution in [0.5, 0.6) is 0 Å². The second-order valence-electron chi connectivity index (χ2n) is 3.87. The van der Waals surface area contributed by atoms with Gasteiger partial charge in [0.1, 0.15) is 6.04 Å². The Kier molecular flexibility index (Phi) is 4.53. The van der Waals surface area contributed by atoms with Gasteiger partial charge in [-0.25, -0.2) is 0 Å². The van der Waals surface area contributed by atoms with E-state index in [0.29, 0.717) is 12.8 Å². The highest BCUT2D eigenvalue weighted by molar-refractivity contribution is 6.40. The molecule has 0 aromatic heterocycles. The van der Waals surface area contributed by atoms with E-state index in [1.165, 1.54) is 0 Å². The minimum atomic E-state index is -1.36. The molecule has 0 aromatic rings. The van der Waals surface area contributed by atoms with Crippen LogP contribution in [0.1, 0.15) is 12.8 Å². The Morgan fingerprint density at radius 2 is 2.13 bits per heavy atom. The normalized spacial score (nSPS) is 30.5. The molecule has 1 saturated heterocycles. The van der Waals surface area contributed by atoms with E-state index >= 15 is 0 Å². The van der Waals surface area contributed by atoms with Gasteiger partial charge in [0.25, 0.3) is 0 Å². The van der Waals surface area contributed by atoms with Crippen LogP contribution in [0.3, 0.4) is 0 Å². The van der Waals surface area contributed by atoms with Crippen LogP contribution in [0, 0.1) is 5.92 Å². The van der Waals surface area contributed by atoms with E-state index < -0.39 is 25.2 Å². The van der Waals surface area contributed by atoms with Gasteiger partial charge in [-0.3, -0.25) is 4.79 Å². The number of hydrogen-bond acceptors (Lipinski definition) is 5. The van der Waals surface area contributed by atoms with Crippen molar-refractivity contribution in [3.8, 4) is 0 Å². The van der Waals surface area contributed by atoms with Crippen molar-refractivity contribution >= 4 is 13.1 Å². The lowest BCUT2D eigenvalue weighted by Gasteiger charge is -2.17. The molecule has 5 N–H and O–H groups in total. The summed E-state index contributed by atoms with van der Waals surface area (Å²) in [5.41, 5.74) is 0. The van der Waals surface area contributed by atoms with Gasteiger partial charge in [-0.2, -0.15) is 0 Å². The summed E-state index contributed by atoms with van der Waals surface area (Å²) in [6.07, 6.45) is 0.505. The summed E-state index contributed by atoms with van der Waals surface area (Å²) >= 11 is 0. The Labute approximate surface area is 88.1 Å². The fourth-order valence-corrected chi connectivity index (χ4v) is 1.94. The number of carboxylic acid groups (broad SMARTS) is 1. The molecule has 0 radical (unpaired) electrons. The Morgan fingerprint density at radius 1 is 1.47 bits per heavy atom. The third-order valence-electron chi connectivity index (χ3n) is 2.74. The van der Waals surface area contributed by atoms with Crippen LogP contribution in [0.25, 0.3) is 0 Å². The summed E-state index contributed by atoms with van der Waals surface area (Å²) < 4.78 is 0. The maximum absolute atomic E-state index is 10.8. The second kappa shape index (κ2) is 5.46. The second-order valence-corrected chi connectivity index (χ2v) is 3.87. The molecule has 6 nitrogen and oxygen atoms in total. The zero-order valence-electron chi connectivity index (χ0n) is 8.33. The first-order valence-electron chi connectivity index (χ1n) is 5.02. The van der Waals surface area contributed by atoms with E-state index in [1.807, 2.05) is 0 Å². The molecule has 3 atom stereocenters. The topological polar surface area (TPSA) is 110 Å². The van der Waals surface area contributed by atoms with Crippen molar-refractivity contribution in [1.82, 2.24) is 5.32 Å². The zero-order valence-corrected chi connectivity index (χ0v) is 8.33. The number of hydrogen-bond donors (Lipinski definition) is 5. The molecule has 0 spiro atoms. The van der Waals surface area contributed by atoms with Crippen molar-refractivity contribution in [2.75, 3.05) is 6.54 Å². The van der Waals surface area contributed by atoms with Crippen LogP contribution in [-0.2, 0) is 4.79 Å². The minimum absolute atomic E-state index is 0.204. The van der Waals surface area contributed by atoms with Gasteiger partial charge in [-0.15, -0.1) is 0 Å². The van der Waals surface area contributed by atoms with Crippen LogP contribution in [-0.4, -0.2) is 52.0 Å². The standard InChI is InChI=1S/C8H16BNO5/c11-6-4-10-7(8(12)13)5(6)2-1-3-9(14)15/h5-7,10-11,14-15H,1-4H2,(H,12,13)/t5-,6+,7+/m1/s1. The maximum Gasteiger partial charge on any atom is 0.451 e. The summed E-state index contributed by atoms with van der Waals surface area (Å²) in [4.78, 5) is 10.8. The van der Waals surface area contributed by atoms with E-state index in [0.717, 1.165) is 0 Å². The van der Waals surface area contributed by atoms with Gasteiger partial charge in [0.05, 0.1) is 6.10 Å². The van der Waals surface area contributed by atoms with Gasteiger partial charge in [-0.1, -0.05) is 6.42 Å². The highest BCUT2D eigenvalue weighted by Crippen LogP contribution is 2.22. The smallest absolute Gasteiger partial charge is 0.451 e. The first-order valence-corrected chi connectivity index (χ1v) is 5.02. The number of aliphatic carboxylic acids is 1. The molecule has 0 amide bonds. The highest BCUT2D eigenvalue weighted by Gasteiger charge is 2.38. The lowest BCUT2D eigenvalue weighted by atomic mass is 9.81. The fourth-order valence-electron chi connectivity index (χ4n) is 1.94. The van der Waals surface area contributed by atoms with Crippen LogP contribution >= 0.6 is 0 Å². The number of β-amino-alcohol motifs (C(OH)–C–C–N with tert-alkyl or cyclic N) is 1. The van der Waals surface area contributed by atoms with Crippen LogP contribution in [0.4, 0.5) is 0 Å². The summed E-state index contributed by atoms with van der Waals surface area (Å²) in [5, 5.41) is 38.3. The monoisotopic (exact) mass is 217 g/mol. The summed E-state index contributed by atoms with van der Waals surface area (Å²) in [7, 11) is -1.36. The first kappa shape index (κ1) is 12.4. The highest BCUT2D eigenvalue weighted by atomic mass is 16.4. The summed E-state index contributed by atoms with van der Waals surface area (Å²) in [6, 6.07) is -0.726. The molecule has 0 aromatic carbocycles. The molecule has 0 unspecified atom stereocenters. The molecule has 0 saturated carbocycles. The molecule has 1 rings (SSSR count). The molecule has 15 heavy (non-hydrogen) atoms. The van der Waals surface area contributed by atoms with Crippen molar-refractivity contribution in [2.24, 2.45) is 5.92 Å². The van der Waals surface area contributed by atoms with Crippen LogP contribution < -0.4 is 5.32 Å². The predicted molar refractivity (Wildman–Crippen MR) is 53.2 cm³/mol. The van der Waals surface area contributed by atoms with Gasteiger partial charge >= 0.3 is 13.1 Å². The molecule has 0 bridgehead atoms. The number of aliphatic hydroxyl groups is 1. The predicted octanol–water partition coefficient (Wildman–Crippen LogP) is -1.73. The number of carbonyl (C=O) groups is 1. The summed E-state index contributed by atoms with van der Waals surface area (Å²) in [6.45, 7) is 0.281. The molecule has 0 aliphatic carbocycles. The SMILES string of the molecule is O=C(O)[C@H]1NC[C@H](O)[C@H]1CCCB(O)O. The molecule has 7 heteroatoms. The molecule has 1 aliphatic heterocycles. The molecule has 1 aliphatic rings. The number of rotatable bonds is 5. The van der Waals surface area contributed by atoms with Gasteiger partial charge in [0.15, 0.2) is 0 Å². The maximum atomic E-state index is 10.8. The quantitative estimate of drug-likeness (QED) is 0.350. The number of aliphatic hydroxyl groups excluding tert-OH is 1. The first-order chi connectivity index (χ1) is 7.02. The third-order valence-corrected chi connectivity index (χ3v) is 2.74. The average molecular weight is 217 g/mol. The van der Waals surface area contributed by atoms with E-state index in [-0.39, 0.29) is 18.8 Å². The van der Waals surface area contributed by atoms with Crippen molar-refractivity contribution in [2.45, 2.75) is 31.3 Å². The van der Waals surface area contributed by atoms with Gasteiger partial charge in [0, 0.05) is 12.5 Å². The van der Waals surface area contributed by atoms with E-state index in [2.05, 4.69) is 5.32 Å². The fraction of sp³-hybridized carbons (Fsp3) is 0.875. The molecular weight excluding hydrogens is 201 g/mol. The largest absolute Gasteiger partial charge is 0.480 e. The van der Waals surface area contributed by atoms with E-state index in [1.54, 1.807) is 0 Å². The van der Waals surface area contributed by atoms with Crippen molar-refractivity contribution in [3.63, 3.8) is 0 Å². The van der Waals surface area contributed by atoms with Gasteiger partial charge in [-0.05, 0) is 12.7 Å². The molecular formula is C8H16BNO5. The molecule has 1 fully saturated rings. The number of nitrogens with one attached hydrogen (secondary N) is 1. The molecule has 86 valence electrons. The Hall–Kier alpha value is -0.625. The van der Waals surface area contributed by atoms with Crippen molar-refractivity contribution < 1.29 is 25.1 Å². The van der Waals surface area contributed by atoms with Crippen LogP contribution in [0.2, 0.25) is 6.32 Å². The van der Waals surface area contributed by atoms with Gasteiger partial charge < -0.3 is 25.6 Å². The minimum Gasteiger partial charge on any atom is -0.480 e. The average Bonchev–Trinajstić information content (AvgIpc) is 2.47. The van der Waals surface area contributed by atoms with Crippen LogP contribution in [0.15, 0.2) is 0 Å². The molecule has 1 heterocycles. The Balaban J connectivity index is 2.39. The number of carboxylic acids is 1. The van der Waals surface area contributed by atoms with Gasteiger partial charge in [0.2, 0.25) is 0 Å². The van der Waals surface area contributed by atoms with Crippen molar-refractivity contribution in [1.29, 1.82) is 0 Å². The third kappa shape index (κ3) is 3.46. The van der Waals surface area contributed by atoms with E-state index in [9.17, 15) is 9.90 Å². The zero-order chi connectivity index (χ0) is 11.4. The summed E-state index contributed by atoms with van der Waals surface area (Å²) in [5.74, 6) is -1.32. The van der Waals surface area contributed by atoms with E-state index in [4.69, 9.17) is 15.2 Å². The lowest BCUT2D eigenvalue weighted by molar-refractivity contribution is -0.140. The Bertz CT molecular complexity index is 225. The van der Waals surface area contributed by atoms with Crippen molar-refractivity contribution in [3.05, 3.63) is 0 Å². The Morgan fingerprint density at radius 3 is 2.67 bits per heavy atom.